The number of rotatable bonds is 7. The van der Waals surface area contributed by atoms with E-state index in [9.17, 15) is 4.79 Å². The second-order valence-corrected chi connectivity index (χ2v) is 7.14. The molecule has 0 aliphatic carbocycles. The summed E-state index contributed by atoms with van der Waals surface area (Å²) in [5.41, 5.74) is 8.56. The van der Waals surface area contributed by atoms with Crippen LogP contribution in [0.3, 0.4) is 0 Å². The van der Waals surface area contributed by atoms with Gasteiger partial charge < -0.3 is 5.73 Å². The molecule has 0 radical (unpaired) electrons. The van der Waals surface area contributed by atoms with Crippen LogP contribution in [-0.2, 0) is 6.54 Å². The van der Waals surface area contributed by atoms with Crippen molar-refractivity contribution in [1.29, 1.82) is 0 Å². The molecule has 3 nitrogen and oxygen atoms in total. The molecule has 132 valence electrons. The fourth-order valence-electron chi connectivity index (χ4n) is 3.64. The first-order valence-electron chi connectivity index (χ1n) is 9.36. The van der Waals surface area contributed by atoms with E-state index in [1.807, 2.05) is 12.1 Å². The molecule has 1 fully saturated rings. The number of nitrogens with zero attached hydrogens (tertiary/aromatic N) is 1. The number of piperidine rings is 1. The normalized spacial score (nSPS) is 16.0. The molecule has 3 heteroatoms. The molecular weight excluding hydrogens is 308 g/mol. The van der Waals surface area contributed by atoms with Gasteiger partial charge in [-0.1, -0.05) is 30.3 Å². The third kappa shape index (κ3) is 5.43. The van der Waals surface area contributed by atoms with Crippen molar-refractivity contribution in [2.75, 3.05) is 18.8 Å². The average molecular weight is 336 g/mol. The predicted octanol–water partition coefficient (Wildman–Crippen LogP) is 4.53. The minimum atomic E-state index is 0.238. The molecule has 25 heavy (non-hydrogen) atoms. The minimum Gasteiger partial charge on any atom is -0.399 e. The third-order valence-corrected chi connectivity index (χ3v) is 5.21. The molecule has 1 aliphatic heterocycles. The summed E-state index contributed by atoms with van der Waals surface area (Å²) < 4.78 is 0. The standard InChI is InChI=1S/C22H28N2O/c23-21-11-9-20(10-12-21)22(25)8-4-7-18-13-15-24(16-14-18)17-19-5-2-1-3-6-19/h1-3,5-6,9-12,18H,4,7-8,13-17,23H2. The van der Waals surface area contributed by atoms with E-state index in [-0.39, 0.29) is 5.78 Å². The fraction of sp³-hybridized carbons (Fsp3) is 0.409. The smallest absolute Gasteiger partial charge is 0.162 e. The largest absolute Gasteiger partial charge is 0.399 e. The number of hydrogen-bond donors (Lipinski definition) is 1. The minimum absolute atomic E-state index is 0.238. The Morgan fingerprint density at radius 3 is 2.36 bits per heavy atom. The first kappa shape index (κ1) is 17.7. The Bertz CT molecular complexity index is 658. The van der Waals surface area contributed by atoms with Crippen LogP contribution < -0.4 is 5.73 Å². The number of hydrogen-bond acceptors (Lipinski definition) is 3. The van der Waals surface area contributed by atoms with Gasteiger partial charge in [0.25, 0.3) is 0 Å². The van der Waals surface area contributed by atoms with Crippen molar-refractivity contribution in [3.8, 4) is 0 Å². The van der Waals surface area contributed by atoms with E-state index in [1.165, 1.54) is 37.9 Å². The number of nitrogen functional groups attached to an aromatic ring is 1. The molecule has 2 aromatic carbocycles. The molecule has 3 rings (SSSR count). The third-order valence-electron chi connectivity index (χ3n) is 5.21. The zero-order chi connectivity index (χ0) is 17.5. The highest BCUT2D eigenvalue weighted by Gasteiger charge is 2.19. The van der Waals surface area contributed by atoms with Gasteiger partial charge in [-0.25, -0.2) is 0 Å². The monoisotopic (exact) mass is 336 g/mol. The van der Waals surface area contributed by atoms with Gasteiger partial charge in [0.2, 0.25) is 0 Å². The molecular formula is C22H28N2O. The van der Waals surface area contributed by atoms with Crippen LogP contribution in [0.1, 0.15) is 48.0 Å². The summed E-state index contributed by atoms with van der Waals surface area (Å²) in [6.07, 6.45) is 5.31. The van der Waals surface area contributed by atoms with E-state index in [0.29, 0.717) is 12.1 Å². The van der Waals surface area contributed by atoms with Gasteiger partial charge in [-0.2, -0.15) is 0 Å². The van der Waals surface area contributed by atoms with Crippen molar-refractivity contribution in [2.24, 2.45) is 5.92 Å². The number of Topliss-reactive ketones (excluding diaryl/α,β-unsaturated/α-hetero) is 1. The lowest BCUT2D eigenvalue weighted by Crippen LogP contribution is -2.33. The average Bonchev–Trinajstić information content (AvgIpc) is 2.64. The number of nitrogens with two attached hydrogens (primary N) is 1. The maximum atomic E-state index is 12.2. The first-order chi connectivity index (χ1) is 12.2. The van der Waals surface area contributed by atoms with Gasteiger partial charge in [-0.3, -0.25) is 9.69 Å². The Labute approximate surface area is 150 Å². The van der Waals surface area contributed by atoms with Crippen molar-refractivity contribution < 1.29 is 4.79 Å². The van der Waals surface area contributed by atoms with Gasteiger partial charge in [-0.15, -0.1) is 0 Å². The molecule has 0 unspecified atom stereocenters. The van der Waals surface area contributed by atoms with Crippen LogP contribution in [0, 0.1) is 5.92 Å². The van der Waals surface area contributed by atoms with Crippen LogP contribution in [0.2, 0.25) is 0 Å². The Morgan fingerprint density at radius 2 is 1.68 bits per heavy atom. The lowest BCUT2D eigenvalue weighted by Gasteiger charge is -2.32. The molecule has 0 atom stereocenters. The van der Waals surface area contributed by atoms with Crippen molar-refractivity contribution >= 4 is 11.5 Å². The highest BCUT2D eigenvalue weighted by Crippen LogP contribution is 2.24. The SMILES string of the molecule is Nc1ccc(C(=O)CCCC2CCN(Cc3ccccc3)CC2)cc1. The molecule has 1 aliphatic rings. The van der Waals surface area contributed by atoms with Gasteiger partial charge in [0.05, 0.1) is 0 Å². The lowest BCUT2D eigenvalue weighted by molar-refractivity contribution is 0.0974. The number of carbonyl (C=O) groups excluding carboxylic acids is 1. The highest BCUT2D eigenvalue weighted by molar-refractivity contribution is 5.96. The van der Waals surface area contributed by atoms with Crippen molar-refractivity contribution in [2.45, 2.75) is 38.6 Å². The van der Waals surface area contributed by atoms with Gasteiger partial charge >= 0.3 is 0 Å². The molecule has 0 bridgehead atoms. The van der Waals surface area contributed by atoms with Crippen LogP contribution in [0.25, 0.3) is 0 Å². The van der Waals surface area contributed by atoms with E-state index in [4.69, 9.17) is 5.73 Å². The number of likely N-dealkylation sites (tertiary alicyclic amines) is 1. The molecule has 1 saturated heterocycles. The maximum absolute atomic E-state index is 12.2. The van der Waals surface area contributed by atoms with E-state index >= 15 is 0 Å². The first-order valence-corrected chi connectivity index (χ1v) is 9.36. The summed E-state index contributed by atoms with van der Waals surface area (Å²) in [5, 5.41) is 0. The Balaban J connectivity index is 1.35. The Hall–Kier alpha value is -2.13. The number of carbonyl (C=O) groups is 1. The summed E-state index contributed by atoms with van der Waals surface area (Å²) in [7, 11) is 0. The molecule has 2 N–H and O–H groups in total. The zero-order valence-corrected chi connectivity index (χ0v) is 14.9. The topological polar surface area (TPSA) is 46.3 Å². The van der Waals surface area contributed by atoms with Gasteiger partial charge in [0, 0.05) is 24.2 Å². The second kappa shape index (κ2) is 8.82. The maximum Gasteiger partial charge on any atom is 0.162 e. The van der Waals surface area contributed by atoms with Crippen molar-refractivity contribution in [3.63, 3.8) is 0 Å². The van der Waals surface area contributed by atoms with Gasteiger partial charge in [0.1, 0.15) is 0 Å². The molecule has 1 heterocycles. The number of ketones is 1. The highest BCUT2D eigenvalue weighted by atomic mass is 16.1. The summed E-state index contributed by atoms with van der Waals surface area (Å²) >= 11 is 0. The van der Waals surface area contributed by atoms with Crippen LogP contribution in [0.5, 0.6) is 0 Å². The molecule has 2 aromatic rings. The lowest BCUT2D eigenvalue weighted by atomic mass is 9.90. The summed E-state index contributed by atoms with van der Waals surface area (Å²) in [4.78, 5) is 14.8. The molecule has 0 spiro atoms. The van der Waals surface area contributed by atoms with Crippen LogP contribution in [-0.4, -0.2) is 23.8 Å². The van der Waals surface area contributed by atoms with Crippen molar-refractivity contribution in [1.82, 2.24) is 4.90 Å². The summed E-state index contributed by atoms with van der Waals surface area (Å²) in [6, 6.07) is 18.0. The van der Waals surface area contributed by atoms with E-state index in [0.717, 1.165) is 24.4 Å². The van der Waals surface area contributed by atoms with E-state index in [1.54, 1.807) is 12.1 Å². The zero-order valence-electron chi connectivity index (χ0n) is 14.9. The van der Waals surface area contributed by atoms with E-state index < -0.39 is 0 Å². The number of anilines is 1. The van der Waals surface area contributed by atoms with Crippen LogP contribution >= 0.6 is 0 Å². The molecule has 0 amide bonds. The number of benzene rings is 2. The van der Waals surface area contributed by atoms with E-state index in [2.05, 4.69) is 35.2 Å². The van der Waals surface area contributed by atoms with Crippen LogP contribution in [0.15, 0.2) is 54.6 Å². The van der Waals surface area contributed by atoms with Crippen molar-refractivity contribution in [3.05, 3.63) is 65.7 Å². The second-order valence-electron chi connectivity index (χ2n) is 7.14. The van der Waals surface area contributed by atoms with Gasteiger partial charge in [-0.05, 0) is 74.5 Å². The molecule has 0 aromatic heterocycles. The quantitative estimate of drug-likeness (QED) is 0.597. The summed E-state index contributed by atoms with van der Waals surface area (Å²) in [6.45, 7) is 3.40. The van der Waals surface area contributed by atoms with Gasteiger partial charge in [0.15, 0.2) is 5.78 Å². The predicted molar refractivity (Wildman–Crippen MR) is 103 cm³/mol. The Kier molecular flexibility index (Phi) is 6.24. The molecule has 0 saturated carbocycles. The Morgan fingerprint density at radius 1 is 1.00 bits per heavy atom. The fourth-order valence-corrected chi connectivity index (χ4v) is 3.64. The van der Waals surface area contributed by atoms with Crippen LogP contribution in [0.4, 0.5) is 5.69 Å². The summed E-state index contributed by atoms with van der Waals surface area (Å²) in [5.74, 6) is 1.01.